The van der Waals surface area contributed by atoms with E-state index in [9.17, 15) is 4.79 Å². The predicted octanol–water partition coefficient (Wildman–Crippen LogP) is -0.382. The highest BCUT2D eigenvalue weighted by Gasteiger charge is 2.34. The molecule has 4 N–H and O–H groups in total. The van der Waals surface area contributed by atoms with Crippen LogP contribution in [0.15, 0.2) is 11.1 Å². The molecule has 3 atom stereocenters. The smallest absolute Gasteiger partial charge is 0.280 e. The molecule has 0 saturated carbocycles. The number of aliphatic hydroxyl groups excluding tert-OH is 1. The van der Waals surface area contributed by atoms with Crippen molar-refractivity contribution in [3.8, 4) is 0 Å². The number of nitrogens with zero attached hydrogens (tertiary/aromatic N) is 3. The number of nitrogen functional groups attached to an aromatic ring is 1. The summed E-state index contributed by atoms with van der Waals surface area (Å²) in [6, 6.07) is 0. The highest BCUT2D eigenvalue weighted by molar-refractivity contribution is 5.70. The monoisotopic (exact) mass is 265 g/mol. The van der Waals surface area contributed by atoms with Gasteiger partial charge in [-0.05, 0) is 6.42 Å². The molecule has 0 spiro atoms. The van der Waals surface area contributed by atoms with Crippen LogP contribution in [-0.2, 0) is 4.74 Å². The van der Waals surface area contributed by atoms with Crippen molar-refractivity contribution in [2.75, 3.05) is 12.3 Å². The van der Waals surface area contributed by atoms with Crippen molar-refractivity contribution in [1.82, 2.24) is 19.5 Å². The molecule has 0 radical (unpaired) electrons. The number of imidazole rings is 1. The van der Waals surface area contributed by atoms with Crippen LogP contribution in [0.1, 0.15) is 19.6 Å². The van der Waals surface area contributed by atoms with Crippen LogP contribution in [0.3, 0.4) is 0 Å². The number of aromatic amines is 1. The first-order valence-electron chi connectivity index (χ1n) is 6.08. The van der Waals surface area contributed by atoms with Crippen molar-refractivity contribution in [2.24, 2.45) is 5.92 Å². The largest absolute Gasteiger partial charge is 0.394 e. The molecule has 1 aliphatic rings. The summed E-state index contributed by atoms with van der Waals surface area (Å²) < 4.78 is 7.43. The van der Waals surface area contributed by atoms with Gasteiger partial charge in [-0.3, -0.25) is 14.3 Å². The Morgan fingerprint density at radius 3 is 3.16 bits per heavy atom. The second-order valence-corrected chi connectivity index (χ2v) is 4.82. The Labute approximate surface area is 108 Å². The van der Waals surface area contributed by atoms with E-state index < -0.39 is 0 Å². The van der Waals surface area contributed by atoms with Gasteiger partial charge in [0, 0.05) is 5.92 Å². The molecule has 19 heavy (non-hydrogen) atoms. The highest BCUT2D eigenvalue weighted by Crippen LogP contribution is 2.34. The molecule has 0 aromatic carbocycles. The summed E-state index contributed by atoms with van der Waals surface area (Å²) in [6.45, 7) is 1.99. The summed E-state index contributed by atoms with van der Waals surface area (Å²) >= 11 is 0. The van der Waals surface area contributed by atoms with Crippen LogP contribution < -0.4 is 11.3 Å². The Morgan fingerprint density at radius 2 is 2.47 bits per heavy atom. The Balaban J connectivity index is 2.09. The van der Waals surface area contributed by atoms with Crippen molar-refractivity contribution in [2.45, 2.75) is 25.7 Å². The molecule has 1 saturated heterocycles. The molecule has 3 rings (SSSR count). The van der Waals surface area contributed by atoms with Crippen LogP contribution in [0.5, 0.6) is 0 Å². The standard InChI is InChI=1S/C11H15N5O3/c1-5-2-6(3-17)19-10(5)16-4-13-7-8(16)14-11(12)15-9(7)18/h4-6,10,17H,2-3H2,1H3,(H3,12,14,15,18)/t5-,6+,10-/m1/s1. The van der Waals surface area contributed by atoms with Gasteiger partial charge in [0.1, 0.15) is 6.23 Å². The number of aromatic nitrogens is 4. The van der Waals surface area contributed by atoms with E-state index in [4.69, 9.17) is 15.6 Å². The summed E-state index contributed by atoms with van der Waals surface area (Å²) in [4.78, 5) is 22.3. The zero-order chi connectivity index (χ0) is 13.6. The van der Waals surface area contributed by atoms with Crippen LogP contribution >= 0.6 is 0 Å². The van der Waals surface area contributed by atoms with Crippen LogP contribution in [0.4, 0.5) is 5.95 Å². The maximum absolute atomic E-state index is 11.7. The Morgan fingerprint density at radius 1 is 1.68 bits per heavy atom. The lowest BCUT2D eigenvalue weighted by molar-refractivity contribution is -0.0294. The summed E-state index contributed by atoms with van der Waals surface area (Å²) in [7, 11) is 0. The van der Waals surface area contributed by atoms with Gasteiger partial charge in [-0.1, -0.05) is 6.92 Å². The van der Waals surface area contributed by atoms with Gasteiger partial charge in [0.05, 0.1) is 19.0 Å². The molecule has 8 nitrogen and oxygen atoms in total. The Bertz CT molecular complexity index is 664. The second kappa shape index (κ2) is 4.32. The third kappa shape index (κ3) is 1.89. The lowest BCUT2D eigenvalue weighted by Crippen LogP contribution is -2.17. The fourth-order valence-electron chi connectivity index (χ4n) is 2.50. The van der Waals surface area contributed by atoms with E-state index >= 15 is 0 Å². The van der Waals surface area contributed by atoms with Gasteiger partial charge in [-0.2, -0.15) is 4.98 Å². The number of ether oxygens (including phenoxy) is 1. The van der Waals surface area contributed by atoms with Gasteiger partial charge in [-0.15, -0.1) is 0 Å². The normalized spacial score (nSPS) is 27.2. The van der Waals surface area contributed by atoms with Gasteiger partial charge in [0.2, 0.25) is 5.95 Å². The molecule has 0 unspecified atom stereocenters. The first kappa shape index (κ1) is 12.1. The van der Waals surface area contributed by atoms with Gasteiger partial charge in [0.25, 0.3) is 5.56 Å². The lowest BCUT2D eigenvalue weighted by atomic mass is 10.1. The van der Waals surface area contributed by atoms with E-state index in [1.54, 1.807) is 4.57 Å². The topological polar surface area (TPSA) is 119 Å². The number of aliphatic hydroxyl groups is 1. The second-order valence-electron chi connectivity index (χ2n) is 4.82. The lowest BCUT2D eigenvalue weighted by Gasteiger charge is -2.17. The maximum Gasteiger partial charge on any atom is 0.280 e. The fourth-order valence-corrected chi connectivity index (χ4v) is 2.50. The zero-order valence-corrected chi connectivity index (χ0v) is 10.4. The molecule has 1 fully saturated rings. The average Bonchev–Trinajstić information content (AvgIpc) is 2.92. The molecule has 2 aromatic rings. The maximum atomic E-state index is 11.7. The van der Waals surface area contributed by atoms with E-state index in [0.717, 1.165) is 6.42 Å². The zero-order valence-electron chi connectivity index (χ0n) is 10.4. The summed E-state index contributed by atoms with van der Waals surface area (Å²) in [6.07, 6.45) is 1.78. The van der Waals surface area contributed by atoms with Crippen molar-refractivity contribution in [3.63, 3.8) is 0 Å². The first-order valence-corrected chi connectivity index (χ1v) is 6.08. The van der Waals surface area contributed by atoms with Crippen molar-refractivity contribution < 1.29 is 9.84 Å². The number of rotatable bonds is 2. The number of H-pyrrole nitrogens is 1. The highest BCUT2D eigenvalue weighted by atomic mass is 16.5. The minimum Gasteiger partial charge on any atom is -0.394 e. The fraction of sp³-hybridized carbons (Fsp3) is 0.545. The molecule has 2 aromatic heterocycles. The minimum absolute atomic E-state index is 0.0242. The van der Waals surface area contributed by atoms with Crippen LogP contribution in [-0.4, -0.2) is 37.3 Å². The van der Waals surface area contributed by atoms with Crippen LogP contribution in [0.25, 0.3) is 11.2 Å². The predicted molar refractivity (Wildman–Crippen MR) is 67.3 cm³/mol. The SMILES string of the molecule is C[C@@H]1C[C@@H](CO)O[C@H]1n1cnc2c(=O)[nH]c(N)nc21. The molecule has 0 amide bonds. The number of hydrogen-bond donors (Lipinski definition) is 3. The van der Waals surface area contributed by atoms with Gasteiger partial charge < -0.3 is 15.6 Å². The molecule has 102 valence electrons. The molecule has 0 aliphatic carbocycles. The average molecular weight is 265 g/mol. The first-order chi connectivity index (χ1) is 9.10. The molecule has 1 aliphatic heterocycles. The number of nitrogens with one attached hydrogen (secondary N) is 1. The van der Waals surface area contributed by atoms with Crippen LogP contribution in [0.2, 0.25) is 0 Å². The van der Waals surface area contributed by atoms with Crippen LogP contribution in [0, 0.1) is 5.92 Å². The summed E-state index contributed by atoms with van der Waals surface area (Å²) in [5.41, 5.74) is 5.81. The van der Waals surface area contributed by atoms with Crippen molar-refractivity contribution in [3.05, 3.63) is 16.7 Å². The summed E-state index contributed by atoms with van der Waals surface area (Å²) in [5, 5.41) is 9.16. The van der Waals surface area contributed by atoms with Crippen molar-refractivity contribution in [1.29, 1.82) is 0 Å². The van der Waals surface area contributed by atoms with E-state index in [2.05, 4.69) is 15.0 Å². The van der Waals surface area contributed by atoms with Gasteiger partial charge in [-0.25, -0.2) is 4.98 Å². The Hall–Kier alpha value is -1.93. The number of hydrogen-bond acceptors (Lipinski definition) is 6. The molecular weight excluding hydrogens is 250 g/mol. The number of nitrogens with two attached hydrogens (primary N) is 1. The summed E-state index contributed by atoms with van der Waals surface area (Å²) in [5.74, 6) is 0.237. The molecular formula is C11H15N5O3. The minimum atomic E-state index is -0.370. The molecule has 3 heterocycles. The van der Waals surface area contributed by atoms with E-state index in [1.807, 2.05) is 6.92 Å². The quantitative estimate of drug-likeness (QED) is 0.680. The number of fused-ring (bicyclic) bond motifs is 1. The van der Waals surface area contributed by atoms with E-state index in [0.29, 0.717) is 5.65 Å². The van der Waals surface area contributed by atoms with E-state index in [1.165, 1.54) is 6.33 Å². The Kier molecular flexibility index (Phi) is 2.76. The van der Waals surface area contributed by atoms with Crippen molar-refractivity contribution >= 4 is 17.1 Å². The number of anilines is 1. The van der Waals surface area contributed by atoms with E-state index in [-0.39, 0.29) is 41.9 Å². The van der Waals surface area contributed by atoms with Gasteiger partial charge in [0.15, 0.2) is 11.2 Å². The van der Waals surface area contributed by atoms with Gasteiger partial charge >= 0.3 is 0 Å². The molecule has 8 heteroatoms. The third-order valence-corrected chi connectivity index (χ3v) is 3.38. The molecule has 0 bridgehead atoms. The third-order valence-electron chi connectivity index (χ3n) is 3.38.